The van der Waals surface area contributed by atoms with Gasteiger partial charge in [-0.05, 0) is 42.1 Å². The molecular weight excluding hydrogens is 274 g/mol. The third kappa shape index (κ3) is 2.35. The fourth-order valence-corrected chi connectivity index (χ4v) is 4.26. The van der Waals surface area contributed by atoms with Crippen molar-refractivity contribution >= 4 is 17.4 Å². The van der Waals surface area contributed by atoms with Crippen molar-refractivity contribution in [2.45, 2.75) is 38.7 Å². The molecule has 1 aromatic heterocycles. The molecule has 2 aliphatic rings. The highest BCUT2D eigenvalue weighted by Gasteiger charge is 2.43. The Morgan fingerprint density at radius 2 is 2.00 bits per heavy atom. The molecule has 5 nitrogen and oxygen atoms in total. The Bertz CT molecular complexity index is 488. The van der Waals surface area contributed by atoms with E-state index in [4.69, 9.17) is 4.74 Å². The standard InChI is InChI=1S/C14H21N3O2S/c1-8(2)12-13(20-16-15-12)14(18)17-6-9-4-11(19-3)5-10(9)7-17/h8-11H,4-7H2,1-3H3/t9-,10+,11?. The molecule has 0 radical (unpaired) electrons. The van der Waals surface area contributed by atoms with Crippen LogP contribution in [0.4, 0.5) is 0 Å². The minimum Gasteiger partial charge on any atom is -0.381 e. The molecule has 2 fully saturated rings. The van der Waals surface area contributed by atoms with Crippen molar-refractivity contribution in [2.75, 3.05) is 20.2 Å². The van der Waals surface area contributed by atoms with Crippen molar-refractivity contribution < 1.29 is 9.53 Å². The maximum absolute atomic E-state index is 12.6. The van der Waals surface area contributed by atoms with Crippen LogP contribution in [0.1, 0.15) is 48.0 Å². The van der Waals surface area contributed by atoms with Crippen molar-refractivity contribution in [1.82, 2.24) is 14.5 Å². The van der Waals surface area contributed by atoms with Gasteiger partial charge in [-0.3, -0.25) is 4.79 Å². The van der Waals surface area contributed by atoms with Gasteiger partial charge in [-0.1, -0.05) is 18.3 Å². The summed E-state index contributed by atoms with van der Waals surface area (Å²) in [5.74, 6) is 1.57. The van der Waals surface area contributed by atoms with E-state index in [9.17, 15) is 4.79 Å². The van der Waals surface area contributed by atoms with E-state index >= 15 is 0 Å². The Kier molecular flexibility index (Phi) is 3.77. The summed E-state index contributed by atoms with van der Waals surface area (Å²) >= 11 is 1.23. The van der Waals surface area contributed by atoms with Crippen LogP contribution in [0.5, 0.6) is 0 Å². The summed E-state index contributed by atoms with van der Waals surface area (Å²) in [6.45, 7) is 5.82. The number of fused-ring (bicyclic) bond motifs is 1. The molecular formula is C14H21N3O2S. The van der Waals surface area contributed by atoms with Gasteiger partial charge in [0.1, 0.15) is 4.88 Å². The average molecular weight is 295 g/mol. The minimum atomic E-state index is 0.118. The zero-order valence-corrected chi connectivity index (χ0v) is 13.0. The first-order valence-corrected chi connectivity index (χ1v) is 8.01. The van der Waals surface area contributed by atoms with Crippen molar-refractivity contribution in [3.8, 4) is 0 Å². The van der Waals surface area contributed by atoms with E-state index in [2.05, 4.69) is 23.4 Å². The molecule has 6 heteroatoms. The number of amides is 1. The van der Waals surface area contributed by atoms with Gasteiger partial charge in [-0.15, -0.1) is 5.10 Å². The molecule has 3 atom stereocenters. The van der Waals surface area contributed by atoms with Crippen LogP contribution in [-0.4, -0.2) is 46.7 Å². The van der Waals surface area contributed by atoms with Crippen LogP contribution in [0.15, 0.2) is 0 Å². The van der Waals surface area contributed by atoms with Gasteiger partial charge in [-0.2, -0.15) is 0 Å². The quantitative estimate of drug-likeness (QED) is 0.857. The predicted molar refractivity (Wildman–Crippen MR) is 76.9 cm³/mol. The smallest absolute Gasteiger partial charge is 0.267 e. The zero-order chi connectivity index (χ0) is 14.3. The number of hydrogen-bond donors (Lipinski definition) is 0. The number of ether oxygens (including phenoxy) is 1. The molecule has 2 heterocycles. The molecule has 0 aromatic carbocycles. The molecule has 1 aliphatic heterocycles. The lowest BCUT2D eigenvalue weighted by atomic mass is 10.0. The average Bonchev–Trinajstić information content (AvgIpc) is 3.10. The monoisotopic (exact) mass is 295 g/mol. The number of carbonyl (C=O) groups excluding carboxylic acids is 1. The van der Waals surface area contributed by atoms with Gasteiger partial charge in [-0.25, -0.2) is 0 Å². The van der Waals surface area contributed by atoms with Gasteiger partial charge in [0.25, 0.3) is 5.91 Å². The number of rotatable bonds is 3. The third-order valence-electron chi connectivity index (χ3n) is 4.58. The molecule has 0 spiro atoms. The lowest BCUT2D eigenvalue weighted by Crippen LogP contribution is -2.30. The first-order chi connectivity index (χ1) is 9.60. The van der Waals surface area contributed by atoms with Gasteiger partial charge >= 0.3 is 0 Å². The Morgan fingerprint density at radius 1 is 1.35 bits per heavy atom. The van der Waals surface area contributed by atoms with Crippen LogP contribution in [-0.2, 0) is 4.74 Å². The second-order valence-electron chi connectivity index (χ2n) is 6.20. The summed E-state index contributed by atoms with van der Waals surface area (Å²) in [5, 5.41) is 4.11. The molecule has 1 unspecified atom stereocenters. The minimum absolute atomic E-state index is 0.118. The molecule has 110 valence electrons. The molecule has 1 amide bonds. The van der Waals surface area contributed by atoms with Gasteiger partial charge in [0.15, 0.2) is 0 Å². The third-order valence-corrected chi connectivity index (χ3v) is 5.31. The number of likely N-dealkylation sites (tertiary alicyclic amines) is 1. The number of nitrogens with zero attached hydrogens (tertiary/aromatic N) is 3. The van der Waals surface area contributed by atoms with Gasteiger partial charge in [0.2, 0.25) is 0 Å². The Balaban J connectivity index is 1.70. The van der Waals surface area contributed by atoms with E-state index in [1.807, 2.05) is 4.90 Å². The SMILES string of the molecule is COC1C[C@@H]2CN(C(=O)c3snnc3C(C)C)C[C@@H]2C1. The first kappa shape index (κ1) is 13.9. The summed E-state index contributed by atoms with van der Waals surface area (Å²) in [5.41, 5.74) is 0.840. The summed E-state index contributed by atoms with van der Waals surface area (Å²) in [6.07, 6.45) is 2.56. The first-order valence-electron chi connectivity index (χ1n) is 7.24. The van der Waals surface area contributed by atoms with Gasteiger partial charge in [0.05, 0.1) is 11.8 Å². The molecule has 1 saturated carbocycles. The molecule has 1 saturated heterocycles. The number of hydrogen-bond acceptors (Lipinski definition) is 5. The van der Waals surface area contributed by atoms with Crippen LogP contribution in [0.3, 0.4) is 0 Å². The van der Waals surface area contributed by atoms with Crippen LogP contribution >= 0.6 is 11.5 Å². The van der Waals surface area contributed by atoms with Gasteiger partial charge < -0.3 is 9.64 Å². The van der Waals surface area contributed by atoms with E-state index in [-0.39, 0.29) is 11.8 Å². The van der Waals surface area contributed by atoms with E-state index in [0.717, 1.165) is 36.5 Å². The van der Waals surface area contributed by atoms with E-state index in [0.29, 0.717) is 17.9 Å². The van der Waals surface area contributed by atoms with E-state index in [1.54, 1.807) is 7.11 Å². The van der Waals surface area contributed by atoms with E-state index < -0.39 is 0 Å². The van der Waals surface area contributed by atoms with Crippen LogP contribution in [0.25, 0.3) is 0 Å². The van der Waals surface area contributed by atoms with Gasteiger partial charge in [0, 0.05) is 20.2 Å². The lowest BCUT2D eigenvalue weighted by Gasteiger charge is -2.18. The second-order valence-corrected chi connectivity index (χ2v) is 6.96. The number of aromatic nitrogens is 2. The summed E-state index contributed by atoms with van der Waals surface area (Å²) in [4.78, 5) is 15.4. The molecule has 3 rings (SSSR count). The normalized spacial score (nSPS) is 29.2. The molecule has 20 heavy (non-hydrogen) atoms. The Hall–Kier alpha value is -1.01. The fourth-order valence-electron chi connectivity index (χ4n) is 3.47. The largest absolute Gasteiger partial charge is 0.381 e. The number of carbonyl (C=O) groups is 1. The summed E-state index contributed by atoms with van der Waals surface area (Å²) in [6, 6.07) is 0. The van der Waals surface area contributed by atoms with E-state index in [1.165, 1.54) is 11.5 Å². The van der Waals surface area contributed by atoms with Crippen molar-refractivity contribution in [1.29, 1.82) is 0 Å². The summed E-state index contributed by atoms with van der Waals surface area (Å²) in [7, 11) is 1.78. The molecule has 1 aliphatic carbocycles. The zero-order valence-electron chi connectivity index (χ0n) is 12.2. The van der Waals surface area contributed by atoms with Crippen molar-refractivity contribution in [3.05, 3.63) is 10.6 Å². The van der Waals surface area contributed by atoms with Crippen molar-refractivity contribution in [2.24, 2.45) is 11.8 Å². The Labute approximate surface area is 123 Å². The molecule has 0 bridgehead atoms. The predicted octanol–water partition coefficient (Wildman–Crippen LogP) is 2.16. The Morgan fingerprint density at radius 3 is 2.55 bits per heavy atom. The maximum atomic E-state index is 12.6. The molecule has 1 aromatic rings. The van der Waals surface area contributed by atoms with Crippen LogP contribution < -0.4 is 0 Å². The molecule has 0 N–H and O–H groups in total. The van der Waals surface area contributed by atoms with Crippen LogP contribution in [0.2, 0.25) is 0 Å². The fraction of sp³-hybridized carbons (Fsp3) is 0.786. The second kappa shape index (κ2) is 5.41. The highest BCUT2D eigenvalue weighted by atomic mass is 32.1. The lowest BCUT2D eigenvalue weighted by molar-refractivity contribution is 0.0734. The van der Waals surface area contributed by atoms with Crippen LogP contribution in [0, 0.1) is 11.8 Å². The highest BCUT2D eigenvalue weighted by molar-refractivity contribution is 7.08. The highest BCUT2D eigenvalue weighted by Crippen LogP contribution is 2.40. The van der Waals surface area contributed by atoms with Crippen molar-refractivity contribution in [3.63, 3.8) is 0 Å². The topological polar surface area (TPSA) is 55.3 Å². The maximum Gasteiger partial charge on any atom is 0.267 e. The number of methoxy groups -OCH3 is 1. The summed E-state index contributed by atoms with van der Waals surface area (Å²) < 4.78 is 9.40.